The largest absolute Gasteiger partial charge is 0.511 e. The number of aliphatic hydroxyl groups is 2. The highest BCUT2D eigenvalue weighted by molar-refractivity contribution is 5.97. The maximum absolute atomic E-state index is 12.6. The summed E-state index contributed by atoms with van der Waals surface area (Å²) in [5, 5.41) is 27.9. The summed E-state index contributed by atoms with van der Waals surface area (Å²) in [4.78, 5) is 39.0. The minimum Gasteiger partial charge on any atom is -0.431 e. The van der Waals surface area contributed by atoms with Crippen LogP contribution in [0.5, 0.6) is 0 Å². The van der Waals surface area contributed by atoms with Crippen LogP contribution in [0.3, 0.4) is 0 Å². The van der Waals surface area contributed by atoms with Crippen LogP contribution in [0.1, 0.15) is 33.4 Å². The second-order valence-electron chi connectivity index (χ2n) is 9.30. The van der Waals surface area contributed by atoms with E-state index in [1.165, 1.54) is 10.6 Å². The van der Waals surface area contributed by atoms with Crippen molar-refractivity contribution in [1.82, 2.24) is 14.6 Å². The van der Waals surface area contributed by atoms with E-state index in [0.717, 1.165) is 13.3 Å². The molecule has 3 rings (SSSR count). The molecule has 0 aliphatic carbocycles. The van der Waals surface area contributed by atoms with Crippen LogP contribution in [0.2, 0.25) is 0 Å². The van der Waals surface area contributed by atoms with E-state index in [-0.39, 0.29) is 11.5 Å². The first-order valence-corrected chi connectivity index (χ1v) is 10.9. The van der Waals surface area contributed by atoms with Crippen LogP contribution in [-0.4, -0.2) is 80.6 Å². The lowest BCUT2D eigenvalue weighted by Crippen LogP contribution is -2.49. The van der Waals surface area contributed by atoms with Crippen LogP contribution in [0.4, 0.5) is 10.6 Å². The SMILES string of the molecule is CC(=O)OCOC(=O)OC[C@H]1O[C@@](N)(c2ccc3c(NC(=O)[C@@H](N)C(C)(C)C)ncnn23)[C@H](O)[C@@H]1O. The second-order valence-corrected chi connectivity index (χ2v) is 9.30. The molecule has 0 aromatic carbocycles. The number of nitrogens with zero attached hydrogens (tertiary/aromatic N) is 3. The van der Waals surface area contributed by atoms with E-state index >= 15 is 0 Å². The van der Waals surface area contributed by atoms with Crippen LogP contribution in [0.15, 0.2) is 18.5 Å². The van der Waals surface area contributed by atoms with E-state index in [1.807, 2.05) is 20.8 Å². The van der Waals surface area contributed by atoms with Crippen LogP contribution in [-0.2, 0) is 34.3 Å². The number of nitrogens with two attached hydrogens (primary N) is 2. The molecule has 5 atom stereocenters. The second kappa shape index (κ2) is 10.3. The fourth-order valence-electron chi connectivity index (χ4n) is 3.46. The Bertz CT molecular complexity index is 1130. The summed E-state index contributed by atoms with van der Waals surface area (Å²) in [5.41, 5.74) is 10.3. The molecule has 15 nitrogen and oxygen atoms in total. The number of fused-ring (bicyclic) bond motifs is 1. The maximum atomic E-state index is 12.6. The van der Waals surface area contributed by atoms with Gasteiger partial charge in [0.1, 0.15) is 36.8 Å². The number of carbonyl (C=O) groups excluding carboxylic acids is 3. The molecule has 7 N–H and O–H groups in total. The third-order valence-electron chi connectivity index (χ3n) is 5.60. The van der Waals surface area contributed by atoms with Crippen LogP contribution in [0.25, 0.3) is 5.52 Å². The highest BCUT2D eigenvalue weighted by Crippen LogP contribution is 2.37. The minimum absolute atomic E-state index is 0.127. The molecule has 0 bridgehead atoms. The summed E-state index contributed by atoms with van der Waals surface area (Å²) in [5.74, 6) is -0.969. The van der Waals surface area contributed by atoms with Gasteiger partial charge in [-0.05, 0) is 17.5 Å². The number of rotatable bonds is 7. The van der Waals surface area contributed by atoms with Crippen LogP contribution in [0, 0.1) is 5.41 Å². The zero-order valence-corrected chi connectivity index (χ0v) is 20.2. The highest BCUT2D eigenvalue weighted by atomic mass is 16.8. The Hall–Kier alpha value is -3.37. The quantitative estimate of drug-likeness (QED) is 0.222. The number of amides is 1. The number of nitrogens with one attached hydrogen (secondary N) is 1. The molecular weight excluding hydrogens is 480 g/mol. The average Bonchev–Trinajstić information content (AvgIpc) is 3.33. The summed E-state index contributed by atoms with van der Waals surface area (Å²) in [6, 6.07) is 2.20. The molecule has 198 valence electrons. The number of esters is 1. The van der Waals surface area contributed by atoms with Crippen molar-refractivity contribution in [2.75, 3.05) is 18.7 Å². The average molecular weight is 511 g/mol. The van der Waals surface area contributed by atoms with Gasteiger partial charge >= 0.3 is 12.1 Å². The standard InChI is InChI=1S/C21H30N6O9/c1-10(28)34-9-35-19(32)33-7-12-14(29)16(30)21(23,36-12)13-6-5-11-17(24-8-25-27(11)13)26-18(31)15(22)20(2,3)4/h5-6,8,12,14-16,29-30H,7,9,22-23H2,1-4H3,(H,24,25,26,31)/t12-,14-,15-,16-,21+/m1/s1. The van der Waals surface area contributed by atoms with Crippen molar-refractivity contribution in [1.29, 1.82) is 0 Å². The molecule has 15 heteroatoms. The summed E-state index contributed by atoms with van der Waals surface area (Å²) in [7, 11) is 0. The van der Waals surface area contributed by atoms with Crippen molar-refractivity contribution in [3.05, 3.63) is 24.2 Å². The van der Waals surface area contributed by atoms with Gasteiger partial charge in [0.25, 0.3) is 0 Å². The number of hydrogen-bond donors (Lipinski definition) is 5. The third kappa shape index (κ3) is 5.55. The zero-order chi connectivity index (χ0) is 26.8. The molecule has 0 radical (unpaired) electrons. The van der Waals surface area contributed by atoms with E-state index in [1.54, 1.807) is 6.07 Å². The Morgan fingerprint density at radius 1 is 1.25 bits per heavy atom. The number of carbonyl (C=O) groups is 3. The molecule has 0 unspecified atom stereocenters. The molecular formula is C21H30N6O9. The molecule has 1 aliphatic heterocycles. The lowest BCUT2D eigenvalue weighted by atomic mass is 9.87. The van der Waals surface area contributed by atoms with Crippen molar-refractivity contribution in [2.45, 2.75) is 57.8 Å². The van der Waals surface area contributed by atoms with E-state index in [2.05, 4.69) is 24.9 Å². The van der Waals surface area contributed by atoms with Gasteiger partial charge in [0.15, 0.2) is 11.5 Å². The number of anilines is 1. The zero-order valence-electron chi connectivity index (χ0n) is 20.2. The van der Waals surface area contributed by atoms with Gasteiger partial charge in [0, 0.05) is 6.92 Å². The first-order chi connectivity index (χ1) is 16.8. The summed E-state index contributed by atoms with van der Waals surface area (Å²) in [6.07, 6.45) is -4.46. The predicted octanol–water partition coefficient (Wildman–Crippen LogP) is -1.05. The van der Waals surface area contributed by atoms with Gasteiger partial charge in [-0.15, -0.1) is 0 Å². The Morgan fingerprint density at radius 3 is 2.58 bits per heavy atom. The van der Waals surface area contributed by atoms with E-state index in [0.29, 0.717) is 5.52 Å². The van der Waals surface area contributed by atoms with E-state index < -0.39 is 66.9 Å². The third-order valence-corrected chi connectivity index (χ3v) is 5.60. The van der Waals surface area contributed by atoms with Crippen molar-refractivity contribution in [3.8, 4) is 0 Å². The predicted molar refractivity (Wildman–Crippen MR) is 121 cm³/mol. The molecule has 0 spiro atoms. The highest BCUT2D eigenvalue weighted by Gasteiger charge is 2.55. The number of aromatic nitrogens is 3. The molecule has 1 saturated heterocycles. The fraction of sp³-hybridized carbons (Fsp3) is 0.571. The lowest BCUT2D eigenvalue weighted by Gasteiger charge is -2.27. The normalized spacial score (nSPS) is 24.8. The molecule has 36 heavy (non-hydrogen) atoms. The van der Waals surface area contributed by atoms with Crippen molar-refractivity contribution < 1.29 is 43.5 Å². The van der Waals surface area contributed by atoms with Gasteiger partial charge in [-0.2, -0.15) is 5.10 Å². The summed E-state index contributed by atoms with van der Waals surface area (Å²) < 4.78 is 20.8. The van der Waals surface area contributed by atoms with Gasteiger partial charge in [-0.1, -0.05) is 20.8 Å². The molecule has 1 amide bonds. The molecule has 2 aromatic heterocycles. The van der Waals surface area contributed by atoms with Crippen molar-refractivity contribution >= 4 is 29.4 Å². The Balaban J connectivity index is 1.76. The number of ether oxygens (including phenoxy) is 4. The fourth-order valence-corrected chi connectivity index (χ4v) is 3.46. The van der Waals surface area contributed by atoms with Gasteiger partial charge in [-0.3, -0.25) is 15.3 Å². The Labute approximate surface area is 205 Å². The Kier molecular flexibility index (Phi) is 7.80. The topological polar surface area (TPSA) is 223 Å². The molecule has 1 fully saturated rings. The monoisotopic (exact) mass is 510 g/mol. The van der Waals surface area contributed by atoms with Gasteiger partial charge in [-0.25, -0.2) is 14.3 Å². The summed E-state index contributed by atoms with van der Waals surface area (Å²) >= 11 is 0. The lowest BCUT2D eigenvalue weighted by molar-refractivity contribution is -0.151. The van der Waals surface area contributed by atoms with E-state index in [4.69, 9.17) is 20.9 Å². The van der Waals surface area contributed by atoms with E-state index in [9.17, 15) is 24.6 Å². The molecule has 1 aliphatic rings. The first-order valence-electron chi connectivity index (χ1n) is 10.9. The number of hydrogen-bond acceptors (Lipinski definition) is 13. The molecule has 2 aromatic rings. The summed E-state index contributed by atoms with van der Waals surface area (Å²) in [6.45, 7) is 5.42. The van der Waals surface area contributed by atoms with Gasteiger partial charge in [0.2, 0.25) is 12.7 Å². The maximum Gasteiger partial charge on any atom is 0.511 e. The molecule has 3 heterocycles. The van der Waals surface area contributed by atoms with Gasteiger partial charge < -0.3 is 40.2 Å². The number of aliphatic hydroxyl groups excluding tert-OH is 2. The first kappa shape index (κ1) is 27.2. The van der Waals surface area contributed by atoms with Crippen LogP contribution >= 0.6 is 0 Å². The minimum atomic E-state index is -1.97. The van der Waals surface area contributed by atoms with Crippen molar-refractivity contribution in [2.24, 2.45) is 16.9 Å². The van der Waals surface area contributed by atoms with Gasteiger partial charge in [0.05, 0.1) is 11.7 Å². The van der Waals surface area contributed by atoms with Crippen molar-refractivity contribution in [3.63, 3.8) is 0 Å². The molecule has 0 saturated carbocycles. The Morgan fingerprint density at radius 2 is 1.94 bits per heavy atom. The van der Waals surface area contributed by atoms with Crippen LogP contribution < -0.4 is 16.8 Å². The smallest absolute Gasteiger partial charge is 0.431 e.